The average Bonchev–Trinajstić information content (AvgIpc) is 3.24. The van der Waals surface area contributed by atoms with Crippen molar-refractivity contribution in [2.75, 3.05) is 7.11 Å². The summed E-state index contributed by atoms with van der Waals surface area (Å²) < 4.78 is 24.1. The smallest absolute Gasteiger partial charge is 0.340 e. The highest BCUT2D eigenvalue weighted by molar-refractivity contribution is 5.90. The fourth-order valence-corrected chi connectivity index (χ4v) is 3.13. The number of carbonyl (C=O) groups excluding carboxylic acids is 1. The number of benzene rings is 3. The molecule has 0 unspecified atom stereocenters. The molecule has 29 heavy (non-hydrogen) atoms. The largest absolute Gasteiger partial charge is 0.465 e. The van der Waals surface area contributed by atoms with Gasteiger partial charge in [0.2, 0.25) is 5.82 Å². The SMILES string of the molecule is COC(=O)c1ccc(-c2noc(-c3ccc(-c4ccccc4)c(C)c3)n2)cc1F. The Balaban J connectivity index is 1.64. The molecule has 0 fully saturated rings. The lowest BCUT2D eigenvalue weighted by Crippen LogP contribution is -2.04. The second-order valence-electron chi connectivity index (χ2n) is 6.51. The van der Waals surface area contributed by atoms with Gasteiger partial charge in [-0.25, -0.2) is 9.18 Å². The van der Waals surface area contributed by atoms with Gasteiger partial charge in [-0.3, -0.25) is 0 Å². The van der Waals surface area contributed by atoms with Gasteiger partial charge in [0.1, 0.15) is 5.82 Å². The van der Waals surface area contributed by atoms with Crippen molar-refractivity contribution in [1.82, 2.24) is 10.1 Å². The lowest BCUT2D eigenvalue weighted by atomic mass is 9.98. The number of nitrogens with zero attached hydrogens (tertiary/aromatic N) is 2. The van der Waals surface area contributed by atoms with Gasteiger partial charge in [-0.2, -0.15) is 4.98 Å². The van der Waals surface area contributed by atoms with E-state index in [0.29, 0.717) is 11.5 Å². The molecule has 0 bridgehead atoms. The Bertz CT molecular complexity index is 1190. The molecule has 1 heterocycles. The Morgan fingerprint density at radius 1 is 0.966 bits per heavy atom. The fraction of sp³-hybridized carbons (Fsp3) is 0.0870. The van der Waals surface area contributed by atoms with Crippen LogP contribution >= 0.6 is 0 Å². The molecule has 0 aliphatic heterocycles. The summed E-state index contributed by atoms with van der Waals surface area (Å²) in [6.07, 6.45) is 0. The van der Waals surface area contributed by atoms with Gasteiger partial charge < -0.3 is 9.26 Å². The molecule has 0 spiro atoms. The number of halogens is 1. The summed E-state index contributed by atoms with van der Waals surface area (Å²) in [6.45, 7) is 2.02. The quantitative estimate of drug-likeness (QED) is 0.444. The third-order valence-electron chi connectivity index (χ3n) is 4.62. The van der Waals surface area contributed by atoms with Crippen molar-refractivity contribution in [2.45, 2.75) is 6.92 Å². The van der Waals surface area contributed by atoms with Crippen molar-refractivity contribution in [3.05, 3.63) is 83.7 Å². The van der Waals surface area contributed by atoms with Crippen LogP contribution in [0.25, 0.3) is 34.0 Å². The van der Waals surface area contributed by atoms with E-state index >= 15 is 0 Å². The van der Waals surface area contributed by atoms with Crippen LogP contribution in [0, 0.1) is 12.7 Å². The molecule has 144 valence electrons. The van der Waals surface area contributed by atoms with Crippen LogP contribution in [0.3, 0.4) is 0 Å². The van der Waals surface area contributed by atoms with Crippen LogP contribution in [0.1, 0.15) is 15.9 Å². The van der Waals surface area contributed by atoms with Gasteiger partial charge >= 0.3 is 5.97 Å². The Morgan fingerprint density at radius 3 is 2.41 bits per heavy atom. The van der Waals surface area contributed by atoms with Crippen LogP contribution in [0.4, 0.5) is 4.39 Å². The molecule has 0 saturated heterocycles. The predicted molar refractivity (Wildman–Crippen MR) is 107 cm³/mol. The first kappa shape index (κ1) is 18.6. The lowest BCUT2D eigenvalue weighted by Gasteiger charge is -2.07. The minimum absolute atomic E-state index is 0.146. The number of hydrogen-bond acceptors (Lipinski definition) is 5. The van der Waals surface area contributed by atoms with Gasteiger partial charge in [-0.1, -0.05) is 41.6 Å². The van der Waals surface area contributed by atoms with Crippen molar-refractivity contribution >= 4 is 5.97 Å². The number of methoxy groups -OCH3 is 1. The van der Waals surface area contributed by atoms with E-state index < -0.39 is 11.8 Å². The summed E-state index contributed by atoms with van der Waals surface area (Å²) in [5.41, 5.74) is 4.35. The molecule has 0 N–H and O–H groups in total. The normalized spacial score (nSPS) is 10.7. The highest BCUT2D eigenvalue weighted by Crippen LogP contribution is 2.29. The molecule has 1 aromatic heterocycles. The van der Waals surface area contributed by atoms with Crippen LogP contribution in [-0.2, 0) is 4.74 Å². The van der Waals surface area contributed by atoms with E-state index in [4.69, 9.17) is 4.52 Å². The van der Waals surface area contributed by atoms with Crippen molar-refractivity contribution < 1.29 is 18.4 Å². The summed E-state index contributed by atoms with van der Waals surface area (Å²) >= 11 is 0. The number of ether oxygens (including phenoxy) is 1. The minimum Gasteiger partial charge on any atom is -0.465 e. The van der Waals surface area contributed by atoms with E-state index in [2.05, 4.69) is 27.0 Å². The Labute approximate surface area is 166 Å². The first-order chi connectivity index (χ1) is 14.1. The predicted octanol–water partition coefficient (Wildman–Crippen LogP) is 5.30. The Morgan fingerprint density at radius 2 is 1.72 bits per heavy atom. The highest BCUT2D eigenvalue weighted by Gasteiger charge is 2.16. The third-order valence-corrected chi connectivity index (χ3v) is 4.62. The zero-order chi connectivity index (χ0) is 20.4. The maximum absolute atomic E-state index is 14.2. The zero-order valence-electron chi connectivity index (χ0n) is 15.8. The van der Waals surface area contributed by atoms with Crippen molar-refractivity contribution in [2.24, 2.45) is 0 Å². The fourth-order valence-electron chi connectivity index (χ4n) is 3.13. The molecule has 0 saturated carbocycles. The molecule has 0 atom stereocenters. The van der Waals surface area contributed by atoms with Crippen LogP contribution in [0.15, 0.2) is 71.3 Å². The van der Waals surface area contributed by atoms with Crippen molar-refractivity contribution in [1.29, 1.82) is 0 Å². The summed E-state index contributed by atoms with van der Waals surface area (Å²) in [6, 6.07) is 20.0. The molecule has 3 aromatic carbocycles. The maximum atomic E-state index is 14.2. The van der Waals surface area contributed by atoms with E-state index in [1.807, 2.05) is 43.3 Å². The molecule has 4 aromatic rings. The molecule has 0 amide bonds. The number of carbonyl (C=O) groups is 1. The maximum Gasteiger partial charge on any atom is 0.340 e. The number of hydrogen-bond donors (Lipinski definition) is 0. The average molecular weight is 388 g/mol. The van der Waals surface area contributed by atoms with E-state index in [-0.39, 0.29) is 11.4 Å². The van der Waals surface area contributed by atoms with Crippen LogP contribution in [0.2, 0.25) is 0 Å². The highest BCUT2D eigenvalue weighted by atomic mass is 19.1. The topological polar surface area (TPSA) is 65.2 Å². The molecule has 5 nitrogen and oxygen atoms in total. The van der Waals surface area contributed by atoms with E-state index in [9.17, 15) is 9.18 Å². The minimum atomic E-state index is -0.739. The first-order valence-corrected chi connectivity index (χ1v) is 8.95. The van der Waals surface area contributed by atoms with Crippen LogP contribution in [0.5, 0.6) is 0 Å². The number of rotatable bonds is 4. The number of aryl methyl sites for hydroxylation is 1. The molecular formula is C23H17FN2O3. The number of esters is 1. The van der Waals surface area contributed by atoms with Crippen molar-refractivity contribution in [3.8, 4) is 34.0 Å². The number of aromatic nitrogens is 2. The summed E-state index contributed by atoms with van der Waals surface area (Å²) in [7, 11) is 1.20. The van der Waals surface area contributed by atoms with Crippen LogP contribution in [-0.4, -0.2) is 23.2 Å². The molecule has 0 aliphatic rings. The summed E-state index contributed by atoms with van der Waals surface area (Å²) in [5.74, 6) is -0.874. The molecule has 0 aliphatic carbocycles. The second kappa shape index (κ2) is 7.67. The molecule has 4 rings (SSSR count). The zero-order valence-corrected chi connectivity index (χ0v) is 15.8. The molecule has 0 radical (unpaired) electrons. The lowest BCUT2D eigenvalue weighted by molar-refractivity contribution is 0.0595. The van der Waals surface area contributed by atoms with Gasteiger partial charge in [-0.05, 0) is 53.9 Å². The van der Waals surface area contributed by atoms with E-state index in [0.717, 1.165) is 22.3 Å². The standard InChI is InChI=1S/C23H17FN2O3/c1-14-12-17(9-10-18(14)15-6-4-3-5-7-15)22-25-21(26-29-22)16-8-11-19(20(24)13-16)23(27)28-2/h3-13H,1-2H3. The van der Waals surface area contributed by atoms with Gasteiger partial charge in [0, 0.05) is 11.1 Å². The Hall–Kier alpha value is -3.80. The van der Waals surface area contributed by atoms with Gasteiger partial charge in [-0.15, -0.1) is 0 Å². The van der Waals surface area contributed by atoms with Gasteiger partial charge in [0.05, 0.1) is 12.7 Å². The monoisotopic (exact) mass is 388 g/mol. The summed E-state index contributed by atoms with van der Waals surface area (Å²) in [5, 5.41) is 3.94. The van der Waals surface area contributed by atoms with Crippen LogP contribution < -0.4 is 0 Å². The molecule has 6 heteroatoms. The van der Waals surface area contributed by atoms with E-state index in [1.54, 1.807) is 6.07 Å². The van der Waals surface area contributed by atoms with Gasteiger partial charge in [0.15, 0.2) is 0 Å². The second-order valence-corrected chi connectivity index (χ2v) is 6.51. The summed E-state index contributed by atoms with van der Waals surface area (Å²) in [4.78, 5) is 15.9. The van der Waals surface area contributed by atoms with E-state index in [1.165, 1.54) is 19.2 Å². The van der Waals surface area contributed by atoms with Gasteiger partial charge in [0.25, 0.3) is 5.89 Å². The van der Waals surface area contributed by atoms with Crippen molar-refractivity contribution in [3.63, 3.8) is 0 Å². The third kappa shape index (κ3) is 3.65. The Kier molecular flexibility index (Phi) is 4.91. The molecular weight excluding hydrogens is 371 g/mol. The first-order valence-electron chi connectivity index (χ1n) is 8.95.